The van der Waals surface area contributed by atoms with Gasteiger partial charge in [0.25, 0.3) is 5.91 Å². The molecule has 1 aliphatic heterocycles. The van der Waals surface area contributed by atoms with Gasteiger partial charge >= 0.3 is 5.97 Å². The van der Waals surface area contributed by atoms with Crippen LogP contribution >= 0.6 is 80.6 Å². The van der Waals surface area contributed by atoms with Gasteiger partial charge in [-0.3, -0.25) is 4.79 Å². The zero-order chi connectivity index (χ0) is 31.8. The monoisotopic (exact) mass is 878 g/mol. The van der Waals surface area contributed by atoms with Gasteiger partial charge in [-0.2, -0.15) is 5.10 Å². The van der Waals surface area contributed by atoms with Gasteiger partial charge in [0.15, 0.2) is 11.7 Å². The summed E-state index contributed by atoms with van der Waals surface area (Å²) in [6.45, 7) is 3.74. The molecular weight excluding hydrogens is 853 g/mol. The molecule has 0 unspecified atom stereocenters. The molecule has 1 atom stereocenters. The molecular formula is C30H26Cl2I2N4O5S. The maximum Gasteiger partial charge on any atom is 0.338 e. The van der Waals surface area contributed by atoms with Gasteiger partial charge in [0.1, 0.15) is 18.1 Å². The molecule has 230 valence electrons. The molecule has 0 saturated carbocycles. The number of nitrogens with one attached hydrogen (secondary N) is 3. The average Bonchev–Trinajstić information content (AvgIpc) is 2.97. The van der Waals surface area contributed by atoms with E-state index in [2.05, 4.69) is 66.3 Å². The number of hydrazone groups is 1. The number of carbonyl (C=O) groups is 2. The van der Waals surface area contributed by atoms with Gasteiger partial charge in [0.05, 0.1) is 41.6 Å². The van der Waals surface area contributed by atoms with E-state index < -0.39 is 17.9 Å². The van der Waals surface area contributed by atoms with Crippen LogP contribution in [0.4, 0.5) is 0 Å². The Morgan fingerprint density at radius 1 is 1.07 bits per heavy atom. The summed E-state index contributed by atoms with van der Waals surface area (Å²) in [6, 6.07) is 15.6. The number of esters is 1. The molecule has 1 aliphatic rings. The second-order valence-corrected chi connectivity index (χ2v) is 12.8. The molecule has 1 heterocycles. The molecule has 3 aromatic rings. The van der Waals surface area contributed by atoms with Crippen molar-refractivity contribution in [3.8, 4) is 11.5 Å². The zero-order valence-corrected chi connectivity index (χ0v) is 30.0. The molecule has 0 fully saturated rings. The van der Waals surface area contributed by atoms with Crippen molar-refractivity contribution in [3.05, 3.63) is 99.7 Å². The molecule has 3 aromatic carbocycles. The molecule has 9 nitrogen and oxygen atoms in total. The van der Waals surface area contributed by atoms with Crippen molar-refractivity contribution in [1.29, 1.82) is 0 Å². The maximum absolute atomic E-state index is 12.7. The number of carbonyl (C=O) groups excluding carboxylic acids is 2. The molecule has 0 aliphatic carbocycles. The number of hydrogen-bond donors (Lipinski definition) is 3. The number of allylic oxidation sites excluding steroid dienone is 1. The van der Waals surface area contributed by atoms with Crippen LogP contribution in [0.2, 0.25) is 10.0 Å². The summed E-state index contributed by atoms with van der Waals surface area (Å²) < 4.78 is 18.9. The molecule has 44 heavy (non-hydrogen) atoms. The molecule has 0 saturated heterocycles. The summed E-state index contributed by atoms with van der Waals surface area (Å²) in [6.07, 6.45) is 1.54. The van der Waals surface area contributed by atoms with Crippen LogP contribution in [0, 0.1) is 7.14 Å². The van der Waals surface area contributed by atoms with Crippen LogP contribution in [-0.4, -0.2) is 36.4 Å². The number of para-hydroxylation sites is 1. The minimum absolute atomic E-state index is 0.224. The predicted octanol–water partition coefficient (Wildman–Crippen LogP) is 6.67. The highest BCUT2D eigenvalue weighted by Gasteiger charge is 2.32. The van der Waals surface area contributed by atoms with Crippen LogP contribution < -0.4 is 25.5 Å². The number of thiocarbonyl (C=S) groups is 1. The van der Waals surface area contributed by atoms with E-state index in [0.717, 1.165) is 24.0 Å². The Bertz CT molecular complexity index is 1630. The fraction of sp³-hybridized carbons (Fsp3) is 0.200. The van der Waals surface area contributed by atoms with Crippen molar-refractivity contribution >= 4 is 104 Å². The molecule has 0 spiro atoms. The maximum atomic E-state index is 12.7. The van der Waals surface area contributed by atoms with Crippen LogP contribution in [0.15, 0.2) is 71.0 Å². The van der Waals surface area contributed by atoms with E-state index in [1.165, 1.54) is 6.21 Å². The second-order valence-electron chi connectivity index (χ2n) is 9.26. The largest absolute Gasteiger partial charge is 0.487 e. The van der Waals surface area contributed by atoms with E-state index in [0.29, 0.717) is 44.3 Å². The van der Waals surface area contributed by atoms with Crippen molar-refractivity contribution < 1.29 is 23.8 Å². The summed E-state index contributed by atoms with van der Waals surface area (Å²) in [5.74, 6) is 0.192. The van der Waals surface area contributed by atoms with Gasteiger partial charge in [0.2, 0.25) is 0 Å². The first-order valence-electron chi connectivity index (χ1n) is 13.1. The van der Waals surface area contributed by atoms with E-state index in [9.17, 15) is 9.59 Å². The Morgan fingerprint density at radius 2 is 1.80 bits per heavy atom. The van der Waals surface area contributed by atoms with E-state index in [-0.39, 0.29) is 13.2 Å². The third kappa shape index (κ3) is 8.96. The van der Waals surface area contributed by atoms with Crippen molar-refractivity contribution in [3.63, 3.8) is 0 Å². The summed E-state index contributed by atoms with van der Waals surface area (Å²) in [4.78, 5) is 25.3. The number of nitrogens with zero attached hydrogens (tertiary/aromatic N) is 1. The fourth-order valence-corrected chi connectivity index (χ4v) is 6.91. The molecule has 0 aromatic heterocycles. The summed E-state index contributed by atoms with van der Waals surface area (Å²) in [5.41, 5.74) is 5.73. The third-order valence-corrected chi connectivity index (χ3v) is 8.71. The molecule has 0 radical (unpaired) electrons. The van der Waals surface area contributed by atoms with Gasteiger partial charge in [-0.15, -0.1) is 0 Å². The highest BCUT2D eigenvalue weighted by molar-refractivity contribution is 14.1. The molecule has 14 heteroatoms. The molecule has 1 amide bonds. The average molecular weight is 879 g/mol. The normalized spacial score (nSPS) is 14.6. The number of rotatable bonds is 11. The SMILES string of the molecule is CCOC(=O)C1=C(C)NC(=S)N[C@H]1c1ccccc1OCC(=O)NN=Cc1cc(I)c(OCc2ccc(Cl)c(Cl)c2)c(I)c1. The van der Waals surface area contributed by atoms with Crippen molar-refractivity contribution in [2.24, 2.45) is 5.10 Å². The number of benzene rings is 3. The minimum Gasteiger partial charge on any atom is -0.487 e. The van der Waals surface area contributed by atoms with E-state index >= 15 is 0 Å². The van der Waals surface area contributed by atoms with E-state index in [1.54, 1.807) is 44.2 Å². The van der Waals surface area contributed by atoms with Gasteiger partial charge in [0, 0.05) is 11.3 Å². The van der Waals surface area contributed by atoms with Crippen LogP contribution in [0.3, 0.4) is 0 Å². The van der Waals surface area contributed by atoms with Crippen molar-refractivity contribution in [2.45, 2.75) is 26.5 Å². The Kier molecular flexibility index (Phi) is 12.5. The van der Waals surface area contributed by atoms with Gasteiger partial charge < -0.3 is 24.8 Å². The Hall–Kier alpha value is -2.66. The predicted molar refractivity (Wildman–Crippen MR) is 191 cm³/mol. The topological polar surface area (TPSA) is 110 Å². The first-order chi connectivity index (χ1) is 21.1. The Morgan fingerprint density at radius 3 is 2.50 bits per heavy atom. The lowest BCUT2D eigenvalue weighted by atomic mass is 9.95. The summed E-state index contributed by atoms with van der Waals surface area (Å²) >= 11 is 21.8. The lowest BCUT2D eigenvalue weighted by Crippen LogP contribution is -2.45. The van der Waals surface area contributed by atoms with E-state index in [4.69, 9.17) is 49.6 Å². The van der Waals surface area contributed by atoms with Crippen molar-refractivity contribution in [1.82, 2.24) is 16.1 Å². The number of ether oxygens (including phenoxy) is 3. The molecule has 3 N–H and O–H groups in total. The zero-order valence-electron chi connectivity index (χ0n) is 23.4. The summed E-state index contributed by atoms with van der Waals surface area (Å²) in [7, 11) is 0. The number of halogens is 4. The van der Waals surface area contributed by atoms with E-state index in [1.807, 2.05) is 24.3 Å². The smallest absolute Gasteiger partial charge is 0.338 e. The summed E-state index contributed by atoms with van der Waals surface area (Å²) in [5, 5.41) is 11.5. The van der Waals surface area contributed by atoms with Gasteiger partial charge in [-0.25, -0.2) is 10.2 Å². The van der Waals surface area contributed by atoms with Crippen LogP contribution in [0.25, 0.3) is 0 Å². The Balaban J connectivity index is 1.37. The Labute approximate surface area is 297 Å². The lowest BCUT2D eigenvalue weighted by Gasteiger charge is -2.30. The quantitative estimate of drug-likeness (QED) is 0.0646. The van der Waals surface area contributed by atoms with Crippen LogP contribution in [0.5, 0.6) is 11.5 Å². The fourth-order valence-electron chi connectivity index (χ4n) is 4.19. The first-order valence-corrected chi connectivity index (χ1v) is 16.4. The first kappa shape index (κ1) is 34.2. The minimum atomic E-state index is -0.624. The van der Waals surface area contributed by atoms with Gasteiger partial charge in [-0.1, -0.05) is 47.5 Å². The van der Waals surface area contributed by atoms with Gasteiger partial charge in [-0.05, 0) is 113 Å². The lowest BCUT2D eigenvalue weighted by molar-refractivity contribution is -0.139. The van der Waals surface area contributed by atoms with Crippen molar-refractivity contribution in [2.75, 3.05) is 13.2 Å². The number of hydrogen-bond acceptors (Lipinski definition) is 7. The number of amides is 1. The molecule has 4 rings (SSSR count). The van der Waals surface area contributed by atoms with Crippen LogP contribution in [-0.2, 0) is 20.9 Å². The standard InChI is InChI=1S/C30H26Cl2I2N4O5S/c1-3-41-29(40)26-16(2)36-30(44)37-27(26)19-6-4-5-7-24(19)42-15-25(39)38-35-13-18-11-22(33)28(23(34)12-18)43-14-17-8-9-20(31)21(32)10-17/h4-13,27H,3,14-15H2,1-2H3,(H,38,39)(H2,36,37,44)/t27-/m0/s1. The molecule has 0 bridgehead atoms. The third-order valence-electron chi connectivity index (χ3n) is 6.14. The van der Waals surface area contributed by atoms with Crippen LogP contribution in [0.1, 0.15) is 36.6 Å². The highest BCUT2D eigenvalue weighted by Crippen LogP contribution is 2.34. The second kappa shape index (κ2) is 16.1. The highest BCUT2D eigenvalue weighted by atomic mass is 127.